The van der Waals surface area contributed by atoms with E-state index in [9.17, 15) is 14.0 Å². The molecule has 126 valence electrons. The Labute approximate surface area is 135 Å². The van der Waals surface area contributed by atoms with Crippen LogP contribution in [0.4, 0.5) is 4.39 Å². The average Bonchev–Trinajstić information content (AvgIpc) is 2.53. The SMILES string of the molecule is C[C@H](CC(=O)N(CC(=O)O)C1CCOCC1)c1ccccc1F. The smallest absolute Gasteiger partial charge is 0.323 e. The summed E-state index contributed by atoms with van der Waals surface area (Å²) >= 11 is 0. The van der Waals surface area contributed by atoms with Gasteiger partial charge in [-0.25, -0.2) is 4.39 Å². The van der Waals surface area contributed by atoms with E-state index >= 15 is 0 Å². The van der Waals surface area contributed by atoms with Crippen LogP contribution in [0.5, 0.6) is 0 Å². The van der Waals surface area contributed by atoms with Crippen LogP contribution in [-0.2, 0) is 14.3 Å². The van der Waals surface area contributed by atoms with Crippen molar-refractivity contribution in [2.75, 3.05) is 19.8 Å². The molecule has 0 spiro atoms. The van der Waals surface area contributed by atoms with Crippen molar-refractivity contribution in [3.8, 4) is 0 Å². The van der Waals surface area contributed by atoms with Crippen LogP contribution in [0.15, 0.2) is 24.3 Å². The summed E-state index contributed by atoms with van der Waals surface area (Å²) < 4.78 is 19.1. The molecule has 0 aromatic heterocycles. The second-order valence-corrected chi connectivity index (χ2v) is 5.89. The highest BCUT2D eigenvalue weighted by atomic mass is 19.1. The fourth-order valence-corrected chi connectivity index (χ4v) is 2.93. The third-order valence-electron chi connectivity index (χ3n) is 4.17. The van der Waals surface area contributed by atoms with E-state index in [0.29, 0.717) is 31.6 Å². The lowest BCUT2D eigenvalue weighted by Gasteiger charge is -2.34. The molecule has 6 heteroatoms. The van der Waals surface area contributed by atoms with Gasteiger partial charge in [0.2, 0.25) is 5.91 Å². The first-order valence-corrected chi connectivity index (χ1v) is 7.82. The second-order valence-electron chi connectivity index (χ2n) is 5.89. The number of aliphatic carboxylic acids is 1. The number of halogens is 1. The molecule has 1 aromatic carbocycles. The molecule has 1 atom stereocenters. The van der Waals surface area contributed by atoms with Gasteiger partial charge in [0.15, 0.2) is 0 Å². The molecule has 0 bridgehead atoms. The van der Waals surface area contributed by atoms with Gasteiger partial charge in [0.1, 0.15) is 12.4 Å². The number of hydrogen-bond donors (Lipinski definition) is 1. The molecule has 0 aliphatic carbocycles. The lowest BCUT2D eigenvalue weighted by molar-refractivity contribution is -0.147. The number of rotatable bonds is 6. The summed E-state index contributed by atoms with van der Waals surface area (Å²) in [4.78, 5) is 25.1. The summed E-state index contributed by atoms with van der Waals surface area (Å²) in [6, 6.07) is 6.23. The molecule has 1 fully saturated rings. The summed E-state index contributed by atoms with van der Waals surface area (Å²) in [6.45, 7) is 2.50. The summed E-state index contributed by atoms with van der Waals surface area (Å²) in [5.74, 6) is -1.94. The van der Waals surface area contributed by atoms with Gasteiger partial charge in [-0.05, 0) is 30.4 Å². The van der Waals surface area contributed by atoms with Crippen LogP contribution in [0.1, 0.15) is 37.7 Å². The molecule has 2 rings (SSSR count). The predicted octanol–water partition coefficient (Wildman–Crippen LogP) is 2.41. The van der Waals surface area contributed by atoms with Crippen molar-refractivity contribution in [3.63, 3.8) is 0 Å². The van der Waals surface area contributed by atoms with Gasteiger partial charge < -0.3 is 14.7 Å². The monoisotopic (exact) mass is 323 g/mol. The molecule has 1 amide bonds. The standard InChI is InChI=1S/C17H22FNO4/c1-12(14-4-2-3-5-15(14)18)10-16(20)19(11-17(21)22)13-6-8-23-9-7-13/h2-5,12-13H,6-11H2,1H3,(H,21,22)/t12-/m1/s1. The number of carboxylic acids is 1. The van der Waals surface area contributed by atoms with Gasteiger partial charge in [0, 0.05) is 25.7 Å². The van der Waals surface area contributed by atoms with E-state index < -0.39 is 5.97 Å². The topological polar surface area (TPSA) is 66.8 Å². The number of carboxylic acid groups (broad SMARTS) is 1. The molecule has 1 aliphatic rings. The highest BCUT2D eigenvalue weighted by Gasteiger charge is 2.28. The lowest BCUT2D eigenvalue weighted by atomic mass is 9.95. The van der Waals surface area contributed by atoms with Gasteiger partial charge in [-0.15, -0.1) is 0 Å². The normalized spacial score (nSPS) is 16.8. The zero-order chi connectivity index (χ0) is 16.8. The van der Waals surface area contributed by atoms with Crippen LogP contribution < -0.4 is 0 Å². The molecule has 23 heavy (non-hydrogen) atoms. The molecule has 5 nitrogen and oxygen atoms in total. The minimum atomic E-state index is -1.04. The van der Waals surface area contributed by atoms with E-state index in [2.05, 4.69) is 0 Å². The summed E-state index contributed by atoms with van der Waals surface area (Å²) in [6.07, 6.45) is 1.35. The van der Waals surface area contributed by atoms with E-state index in [1.807, 2.05) is 0 Å². The highest BCUT2D eigenvalue weighted by Crippen LogP contribution is 2.24. The van der Waals surface area contributed by atoms with E-state index in [1.165, 1.54) is 11.0 Å². The summed E-state index contributed by atoms with van der Waals surface area (Å²) in [5, 5.41) is 9.07. The highest BCUT2D eigenvalue weighted by molar-refractivity contribution is 5.82. The zero-order valence-corrected chi connectivity index (χ0v) is 13.2. The number of carbonyl (C=O) groups excluding carboxylic acids is 1. The van der Waals surface area contributed by atoms with Crippen molar-refractivity contribution < 1.29 is 23.8 Å². The Balaban J connectivity index is 2.07. The Morgan fingerprint density at radius 1 is 1.35 bits per heavy atom. The van der Waals surface area contributed by atoms with Crippen molar-refractivity contribution >= 4 is 11.9 Å². The zero-order valence-electron chi connectivity index (χ0n) is 13.2. The van der Waals surface area contributed by atoms with Crippen molar-refractivity contribution in [2.45, 2.75) is 38.1 Å². The molecule has 0 unspecified atom stereocenters. The molecular formula is C17H22FNO4. The molecular weight excluding hydrogens is 301 g/mol. The van der Waals surface area contributed by atoms with Crippen LogP contribution in [0.25, 0.3) is 0 Å². The molecule has 1 N–H and O–H groups in total. The summed E-state index contributed by atoms with van der Waals surface area (Å²) in [5.41, 5.74) is 0.475. The first kappa shape index (κ1) is 17.4. The Morgan fingerprint density at radius 2 is 2.00 bits per heavy atom. The maximum atomic E-state index is 13.8. The third kappa shape index (κ3) is 4.76. The van der Waals surface area contributed by atoms with E-state index in [4.69, 9.17) is 9.84 Å². The van der Waals surface area contributed by atoms with Crippen LogP contribution in [0, 0.1) is 5.82 Å². The maximum Gasteiger partial charge on any atom is 0.323 e. The van der Waals surface area contributed by atoms with Gasteiger partial charge >= 0.3 is 5.97 Å². The number of amides is 1. The second kappa shape index (κ2) is 8.06. The van der Waals surface area contributed by atoms with E-state index in [1.54, 1.807) is 25.1 Å². The minimum Gasteiger partial charge on any atom is -0.480 e. The maximum absolute atomic E-state index is 13.8. The first-order chi connectivity index (χ1) is 11.0. The third-order valence-corrected chi connectivity index (χ3v) is 4.17. The predicted molar refractivity (Wildman–Crippen MR) is 82.6 cm³/mol. The lowest BCUT2D eigenvalue weighted by Crippen LogP contribution is -2.46. The Hall–Kier alpha value is -1.95. The number of nitrogens with zero attached hydrogens (tertiary/aromatic N) is 1. The molecule has 1 aliphatic heterocycles. The fourth-order valence-electron chi connectivity index (χ4n) is 2.93. The van der Waals surface area contributed by atoms with Crippen molar-refractivity contribution in [2.24, 2.45) is 0 Å². The molecule has 1 heterocycles. The summed E-state index contributed by atoms with van der Waals surface area (Å²) in [7, 11) is 0. The quantitative estimate of drug-likeness (QED) is 0.873. The van der Waals surface area contributed by atoms with Crippen LogP contribution in [0.2, 0.25) is 0 Å². The van der Waals surface area contributed by atoms with Crippen molar-refractivity contribution in [1.29, 1.82) is 0 Å². The molecule has 0 radical (unpaired) electrons. The van der Waals surface area contributed by atoms with Gasteiger partial charge in [-0.3, -0.25) is 9.59 Å². The Bertz CT molecular complexity index is 557. The van der Waals surface area contributed by atoms with E-state index in [-0.39, 0.29) is 36.6 Å². The minimum absolute atomic E-state index is 0.0889. The molecule has 0 saturated carbocycles. The van der Waals surface area contributed by atoms with Crippen LogP contribution >= 0.6 is 0 Å². The number of carbonyl (C=O) groups is 2. The number of benzene rings is 1. The van der Waals surface area contributed by atoms with E-state index in [0.717, 1.165) is 0 Å². The van der Waals surface area contributed by atoms with Gasteiger partial charge in [0.25, 0.3) is 0 Å². The van der Waals surface area contributed by atoms with Gasteiger partial charge in [-0.2, -0.15) is 0 Å². The first-order valence-electron chi connectivity index (χ1n) is 7.82. The van der Waals surface area contributed by atoms with Gasteiger partial charge in [-0.1, -0.05) is 25.1 Å². The van der Waals surface area contributed by atoms with Crippen molar-refractivity contribution in [3.05, 3.63) is 35.6 Å². The largest absolute Gasteiger partial charge is 0.480 e. The Morgan fingerprint density at radius 3 is 2.61 bits per heavy atom. The fraction of sp³-hybridized carbons (Fsp3) is 0.529. The average molecular weight is 323 g/mol. The van der Waals surface area contributed by atoms with Crippen LogP contribution in [0.3, 0.4) is 0 Å². The number of ether oxygens (including phenoxy) is 1. The van der Waals surface area contributed by atoms with Crippen LogP contribution in [-0.4, -0.2) is 47.7 Å². The Kier molecular flexibility index (Phi) is 6.10. The molecule has 1 saturated heterocycles. The van der Waals surface area contributed by atoms with Gasteiger partial charge in [0.05, 0.1) is 0 Å². The molecule has 1 aromatic rings. The number of hydrogen-bond acceptors (Lipinski definition) is 3. The van der Waals surface area contributed by atoms with Crippen molar-refractivity contribution in [1.82, 2.24) is 4.90 Å².